The SMILES string of the molecule is Cc1cc(/C=C/N)cc(C)c1Nc1nc(Nc2ccc(C#N)cc2)nc2c1ncn2C. The predicted octanol–water partition coefficient (Wildman–Crippen LogP) is 4.27. The summed E-state index contributed by atoms with van der Waals surface area (Å²) in [5.41, 5.74) is 12.4. The Morgan fingerprint density at radius 1 is 1.06 bits per heavy atom. The molecule has 4 N–H and O–H groups in total. The van der Waals surface area contributed by atoms with E-state index in [1.165, 1.54) is 6.20 Å². The highest BCUT2D eigenvalue weighted by Gasteiger charge is 2.15. The van der Waals surface area contributed by atoms with Gasteiger partial charge in [-0.1, -0.05) is 0 Å². The van der Waals surface area contributed by atoms with Crippen molar-refractivity contribution in [1.29, 1.82) is 5.26 Å². The van der Waals surface area contributed by atoms with E-state index in [2.05, 4.69) is 43.8 Å². The highest BCUT2D eigenvalue weighted by molar-refractivity contribution is 5.88. The third kappa shape index (κ3) is 4.02. The Balaban J connectivity index is 1.74. The molecule has 0 radical (unpaired) electrons. The molecule has 4 rings (SSSR count). The number of aryl methyl sites for hydroxylation is 3. The van der Waals surface area contributed by atoms with Crippen LogP contribution in [0.3, 0.4) is 0 Å². The second-order valence-electron chi connectivity index (χ2n) is 7.25. The molecular formula is C23H22N8. The maximum Gasteiger partial charge on any atom is 0.231 e. The molecule has 31 heavy (non-hydrogen) atoms. The Kier molecular flexibility index (Phi) is 5.24. The van der Waals surface area contributed by atoms with Gasteiger partial charge in [-0.25, -0.2) is 4.98 Å². The fourth-order valence-electron chi connectivity index (χ4n) is 3.43. The van der Waals surface area contributed by atoms with Crippen LogP contribution in [0.15, 0.2) is 48.9 Å². The van der Waals surface area contributed by atoms with Gasteiger partial charge >= 0.3 is 0 Å². The van der Waals surface area contributed by atoms with Gasteiger partial charge in [-0.15, -0.1) is 0 Å². The monoisotopic (exact) mass is 410 g/mol. The number of benzene rings is 2. The average molecular weight is 410 g/mol. The van der Waals surface area contributed by atoms with Gasteiger partial charge in [0.05, 0.1) is 18.0 Å². The summed E-state index contributed by atoms with van der Waals surface area (Å²) in [6.07, 6.45) is 5.11. The van der Waals surface area contributed by atoms with E-state index in [1.807, 2.05) is 43.7 Å². The molecule has 0 atom stereocenters. The molecule has 2 heterocycles. The Labute approximate surface area is 180 Å². The van der Waals surface area contributed by atoms with Crippen molar-refractivity contribution in [3.05, 3.63) is 71.2 Å². The van der Waals surface area contributed by atoms with Crippen LogP contribution >= 0.6 is 0 Å². The van der Waals surface area contributed by atoms with E-state index in [4.69, 9.17) is 11.0 Å². The fourth-order valence-corrected chi connectivity index (χ4v) is 3.43. The van der Waals surface area contributed by atoms with Crippen LogP contribution in [0.4, 0.5) is 23.1 Å². The number of hydrogen-bond donors (Lipinski definition) is 3. The van der Waals surface area contributed by atoms with Gasteiger partial charge in [-0.05, 0) is 79.2 Å². The molecule has 0 aliphatic carbocycles. The Morgan fingerprint density at radius 2 is 1.77 bits per heavy atom. The van der Waals surface area contributed by atoms with Crippen LogP contribution in [0.5, 0.6) is 0 Å². The summed E-state index contributed by atoms with van der Waals surface area (Å²) in [6, 6.07) is 13.4. The van der Waals surface area contributed by atoms with Gasteiger partial charge in [0.15, 0.2) is 17.0 Å². The van der Waals surface area contributed by atoms with Crippen LogP contribution in [-0.2, 0) is 7.05 Å². The smallest absolute Gasteiger partial charge is 0.231 e. The third-order valence-corrected chi connectivity index (χ3v) is 4.92. The zero-order valence-corrected chi connectivity index (χ0v) is 17.5. The van der Waals surface area contributed by atoms with Crippen molar-refractivity contribution in [1.82, 2.24) is 19.5 Å². The quantitative estimate of drug-likeness (QED) is 0.450. The molecule has 4 aromatic rings. The van der Waals surface area contributed by atoms with Crippen molar-refractivity contribution in [2.24, 2.45) is 12.8 Å². The maximum atomic E-state index is 8.99. The molecule has 0 unspecified atom stereocenters. The molecule has 0 spiro atoms. The fraction of sp³-hybridized carbons (Fsp3) is 0.130. The molecule has 0 aliphatic rings. The van der Waals surface area contributed by atoms with E-state index < -0.39 is 0 Å². The Bertz CT molecular complexity index is 1300. The average Bonchev–Trinajstić information content (AvgIpc) is 3.12. The lowest BCUT2D eigenvalue weighted by atomic mass is 10.0. The van der Waals surface area contributed by atoms with E-state index in [0.717, 1.165) is 28.1 Å². The van der Waals surface area contributed by atoms with Crippen molar-refractivity contribution in [3.8, 4) is 6.07 Å². The van der Waals surface area contributed by atoms with Crippen LogP contribution in [0, 0.1) is 25.2 Å². The lowest BCUT2D eigenvalue weighted by Gasteiger charge is -2.15. The van der Waals surface area contributed by atoms with E-state index in [-0.39, 0.29) is 0 Å². The highest BCUT2D eigenvalue weighted by Crippen LogP contribution is 2.30. The molecule has 0 amide bonds. The summed E-state index contributed by atoms with van der Waals surface area (Å²) in [7, 11) is 1.89. The van der Waals surface area contributed by atoms with Crippen LogP contribution < -0.4 is 16.4 Å². The molecule has 0 bridgehead atoms. The summed E-state index contributed by atoms with van der Waals surface area (Å²) >= 11 is 0. The summed E-state index contributed by atoms with van der Waals surface area (Å²) in [4.78, 5) is 13.8. The standard InChI is InChI=1S/C23H22N8/c1-14-10-17(8-9-24)11-15(2)19(14)28-21-20-22(31(3)13-26-20)30-23(29-21)27-18-6-4-16(12-25)5-7-18/h4-11,13H,24H2,1-3H3,(H2,27,28,29,30)/b9-8+. The first kappa shape index (κ1) is 19.9. The van der Waals surface area contributed by atoms with Gasteiger partial charge in [-0.2, -0.15) is 15.2 Å². The summed E-state index contributed by atoms with van der Waals surface area (Å²) in [6.45, 7) is 4.08. The first-order valence-corrected chi connectivity index (χ1v) is 9.71. The van der Waals surface area contributed by atoms with Crippen LogP contribution in [-0.4, -0.2) is 19.5 Å². The summed E-state index contributed by atoms with van der Waals surface area (Å²) < 4.78 is 1.85. The topological polar surface area (TPSA) is 117 Å². The lowest BCUT2D eigenvalue weighted by molar-refractivity contribution is 0.929. The number of imidazole rings is 1. The van der Waals surface area contributed by atoms with Crippen LogP contribution in [0.1, 0.15) is 22.3 Å². The number of hydrogen-bond acceptors (Lipinski definition) is 7. The largest absolute Gasteiger partial charge is 0.405 e. The minimum atomic E-state index is 0.432. The van der Waals surface area contributed by atoms with E-state index in [1.54, 1.807) is 18.5 Å². The van der Waals surface area contributed by atoms with Crippen molar-refractivity contribution < 1.29 is 0 Å². The molecule has 0 saturated heterocycles. The number of fused-ring (bicyclic) bond motifs is 1. The Morgan fingerprint density at radius 3 is 2.42 bits per heavy atom. The number of aromatic nitrogens is 4. The van der Waals surface area contributed by atoms with Gasteiger partial charge in [0.2, 0.25) is 5.95 Å². The molecule has 8 heteroatoms. The Hall–Kier alpha value is -4.38. The van der Waals surface area contributed by atoms with Gasteiger partial charge in [0.1, 0.15) is 0 Å². The normalized spacial score (nSPS) is 11.0. The molecule has 2 aromatic heterocycles. The second-order valence-corrected chi connectivity index (χ2v) is 7.25. The second kappa shape index (κ2) is 8.16. The van der Waals surface area contributed by atoms with E-state index in [9.17, 15) is 0 Å². The van der Waals surface area contributed by atoms with Gasteiger partial charge in [0.25, 0.3) is 0 Å². The van der Waals surface area contributed by atoms with E-state index >= 15 is 0 Å². The van der Waals surface area contributed by atoms with Crippen molar-refractivity contribution >= 4 is 40.4 Å². The first-order valence-electron chi connectivity index (χ1n) is 9.71. The van der Waals surface area contributed by atoms with Crippen molar-refractivity contribution in [2.45, 2.75) is 13.8 Å². The maximum absolute atomic E-state index is 8.99. The molecule has 0 aliphatic heterocycles. The van der Waals surface area contributed by atoms with Gasteiger partial charge < -0.3 is 20.9 Å². The summed E-state index contributed by atoms with van der Waals surface area (Å²) in [5, 5.41) is 15.6. The number of rotatable bonds is 5. The molecule has 0 fully saturated rings. The lowest BCUT2D eigenvalue weighted by Crippen LogP contribution is -2.05. The number of nitriles is 1. The molecule has 0 saturated carbocycles. The van der Waals surface area contributed by atoms with Crippen LogP contribution in [0.25, 0.3) is 17.2 Å². The first-order chi connectivity index (χ1) is 15.0. The number of nitrogens with zero attached hydrogens (tertiary/aromatic N) is 5. The van der Waals surface area contributed by atoms with Gasteiger partial charge in [0, 0.05) is 18.4 Å². The molecule has 8 nitrogen and oxygen atoms in total. The van der Waals surface area contributed by atoms with Gasteiger partial charge in [-0.3, -0.25) is 0 Å². The highest BCUT2D eigenvalue weighted by atomic mass is 15.2. The van der Waals surface area contributed by atoms with Crippen molar-refractivity contribution in [2.75, 3.05) is 10.6 Å². The molecule has 154 valence electrons. The zero-order chi connectivity index (χ0) is 22.0. The minimum Gasteiger partial charge on any atom is -0.405 e. The number of nitrogens with one attached hydrogen (secondary N) is 2. The zero-order valence-electron chi connectivity index (χ0n) is 17.5. The number of anilines is 4. The molecule has 2 aromatic carbocycles. The summed E-state index contributed by atoms with van der Waals surface area (Å²) in [5.74, 6) is 1.04. The van der Waals surface area contributed by atoms with Crippen LogP contribution in [0.2, 0.25) is 0 Å². The molecular weight excluding hydrogens is 388 g/mol. The van der Waals surface area contributed by atoms with E-state index in [0.29, 0.717) is 28.5 Å². The third-order valence-electron chi connectivity index (χ3n) is 4.92. The number of nitrogens with two attached hydrogens (primary N) is 1. The minimum absolute atomic E-state index is 0.432. The van der Waals surface area contributed by atoms with Crippen molar-refractivity contribution in [3.63, 3.8) is 0 Å². The predicted molar refractivity (Wildman–Crippen MR) is 123 cm³/mol.